The largest absolute Gasteiger partial charge is 0.370 e. The number of nitrogens with zero attached hydrogens (tertiary/aromatic N) is 2. The molecule has 1 aliphatic carbocycles. The third kappa shape index (κ3) is 2.09. The molecule has 0 N–H and O–H groups in total. The van der Waals surface area contributed by atoms with Crippen molar-refractivity contribution in [2.24, 2.45) is 11.8 Å². The van der Waals surface area contributed by atoms with Crippen LogP contribution in [-0.4, -0.2) is 24.3 Å². The Labute approximate surface area is 111 Å². The highest BCUT2D eigenvalue weighted by Gasteiger charge is 2.36. The number of rotatable bonds is 3. The van der Waals surface area contributed by atoms with Gasteiger partial charge in [-0.05, 0) is 30.7 Å². The average Bonchev–Trinajstić information content (AvgIpc) is 2.98. The summed E-state index contributed by atoms with van der Waals surface area (Å²) in [6.07, 6.45) is 4.57. The van der Waals surface area contributed by atoms with Crippen LogP contribution in [0.1, 0.15) is 29.6 Å². The van der Waals surface area contributed by atoms with Crippen LogP contribution >= 0.6 is 0 Å². The quantitative estimate of drug-likeness (QED) is 0.476. The van der Waals surface area contributed by atoms with Crippen LogP contribution in [-0.2, 0) is 0 Å². The van der Waals surface area contributed by atoms with E-state index in [1.165, 1.54) is 31.4 Å². The molecule has 2 aliphatic rings. The SMILES string of the molecule is O=Cc1cc([N+](=O)[O-])ccc1N1CC2CCCC2C1. The molecule has 3 rings (SSSR count). The molecular weight excluding hydrogens is 244 g/mol. The molecule has 1 aliphatic heterocycles. The highest BCUT2D eigenvalue weighted by atomic mass is 16.6. The fraction of sp³-hybridized carbons (Fsp3) is 0.500. The second kappa shape index (κ2) is 4.64. The van der Waals surface area contributed by atoms with Crippen molar-refractivity contribution in [2.75, 3.05) is 18.0 Å². The molecule has 2 atom stereocenters. The van der Waals surface area contributed by atoms with Crippen LogP contribution in [0, 0.1) is 22.0 Å². The summed E-state index contributed by atoms with van der Waals surface area (Å²) < 4.78 is 0. The minimum atomic E-state index is -0.463. The van der Waals surface area contributed by atoms with E-state index < -0.39 is 4.92 Å². The number of non-ortho nitro benzene ring substituents is 1. The molecule has 1 aromatic rings. The standard InChI is InChI=1S/C14H16N2O3/c17-9-12-6-13(16(18)19)4-5-14(12)15-7-10-2-1-3-11(10)8-15/h4-6,9-11H,1-3,7-8H2. The number of hydrogen-bond donors (Lipinski definition) is 0. The van der Waals surface area contributed by atoms with E-state index in [0.29, 0.717) is 5.56 Å². The summed E-state index contributed by atoms with van der Waals surface area (Å²) in [5.74, 6) is 1.46. The smallest absolute Gasteiger partial charge is 0.270 e. The van der Waals surface area contributed by atoms with Crippen LogP contribution < -0.4 is 4.90 Å². The molecule has 0 radical (unpaired) electrons. The van der Waals surface area contributed by atoms with Crippen LogP contribution in [0.3, 0.4) is 0 Å². The number of nitro benzene ring substituents is 1. The Kier molecular flexibility index (Phi) is 2.97. The molecule has 0 spiro atoms. The topological polar surface area (TPSA) is 63.4 Å². The van der Waals surface area contributed by atoms with Gasteiger partial charge in [0, 0.05) is 36.5 Å². The van der Waals surface area contributed by atoms with Crippen LogP contribution in [0.4, 0.5) is 11.4 Å². The van der Waals surface area contributed by atoms with E-state index in [0.717, 1.165) is 36.9 Å². The molecule has 1 saturated heterocycles. The van der Waals surface area contributed by atoms with Crippen molar-refractivity contribution in [1.82, 2.24) is 0 Å². The maximum Gasteiger partial charge on any atom is 0.270 e. The van der Waals surface area contributed by atoms with Crippen molar-refractivity contribution in [1.29, 1.82) is 0 Å². The normalized spacial score (nSPS) is 25.4. The lowest BCUT2D eigenvalue weighted by Gasteiger charge is -2.21. The predicted octanol–water partition coefficient (Wildman–Crippen LogP) is 2.64. The minimum Gasteiger partial charge on any atom is -0.370 e. The van der Waals surface area contributed by atoms with E-state index >= 15 is 0 Å². The summed E-state index contributed by atoms with van der Waals surface area (Å²) in [6, 6.07) is 4.57. The van der Waals surface area contributed by atoms with E-state index in [4.69, 9.17) is 0 Å². The Morgan fingerprint density at radius 3 is 2.53 bits per heavy atom. The maximum atomic E-state index is 11.2. The van der Waals surface area contributed by atoms with Gasteiger partial charge >= 0.3 is 0 Å². The lowest BCUT2D eigenvalue weighted by Crippen LogP contribution is -2.22. The minimum absolute atomic E-state index is 0.0229. The molecule has 2 unspecified atom stereocenters. The molecule has 1 aromatic carbocycles. The fourth-order valence-electron chi connectivity index (χ4n) is 3.47. The summed E-state index contributed by atoms with van der Waals surface area (Å²) in [4.78, 5) is 23.6. The Morgan fingerprint density at radius 2 is 1.95 bits per heavy atom. The third-order valence-corrected chi connectivity index (χ3v) is 4.42. The molecule has 0 amide bonds. The number of aldehydes is 1. The first-order valence-electron chi connectivity index (χ1n) is 6.67. The summed E-state index contributed by atoms with van der Waals surface area (Å²) in [5.41, 5.74) is 1.24. The number of carbonyl (C=O) groups is 1. The maximum absolute atomic E-state index is 11.2. The van der Waals surface area contributed by atoms with Crippen molar-refractivity contribution in [3.63, 3.8) is 0 Å². The Hall–Kier alpha value is -1.91. The zero-order valence-electron chi connectivity index (χ0n) is 10.6. The summed E-state index contributed by atoms with van der Waals surface area (Å²) >= 11 is 0. The number of fused-ring (bicyclic) bond motifs is 1. The van der Waals surface area contributed by atoms with Crippen molar-refractivity contribution >= 4 is 17.7 Å². The lowest BCUT2D eigenvalue weighted by molar-refractivity contribution is -0.384. The number of carbonyl (C=O) groups excluding carboxylic acids is 1. The number of hydrogen-bond acceptors (Lipinski definition) is 4. The van der Waals surface area contributed by atoms with E-state index in [1.54, 1.807) is 6.07 Å². The van der Waals surface area contributed by atoms with Gasteiger partial charge in [-0.25, -0.2) is 0 Å². The van der Waals surface area contributed by atoms with Gasteiger partial charge < -0.3 is 4.90 Å². The molecule has 0 bridgehead atoms. The molecule has 100 valence electrons. The van der Waals surface area contributed by atoms with Crippen LogP contribution in [0.5, 0.6) is 0 Å². The van der Waals surface area contributed by atoms with E-state index in [-0.39, 0.29) is 5.69 Å². The monoisotopic (exact) mass is 260 g/mol. The average molecular weight is 260 g/mol. The lowest BCUT2D eigenvalue weighted by atomic mass is 10.0. The Morgan fingerprint density at radius 1 is 1.26 bits per heavy atom. The zero-order chi connectivity index (χ0) is 13.4. The fourth-order valence-corrected chi connectivity index (χ4v) is 3.47. The Bertz CT molecular complexity index is 517. The number of benzene rings is 1. The molecule has 0 aromatic heterocycles. The molecule has 2 fully saturated rings. The number of anilines is 1. The van der Waals surface area contributed by atoms with E-state index in [1.807, 2.05) is 0 Å². The molecule has 5 nitrogen and oxygen atoms in total. The third-order valence-electron chi connectivity index (χ3n) is 4.42. The summed E-state index contributed by atoms with van der Waals surface area (Å²) in [6.45, 7) is 1.95. The number of nitro groups is 1. The van der Waals surface area contributed by atoms with Gasteiger partial charge in [-0.2, -0.15) is 0 Å². The van der Waals surface area contributed by atoms with Crippen LogP contribution in [0.15, 0.2) is 18.2 Å². The molecule has 1 heterocycles. The Balaban J connectivity index is 1.88. The van der Waals surface area contributed by atoms with Gasteiger partial charge in [0.1, 0.15) is 0 Å². The highest BCUT2D eigenvalue weighted by molar-refractivity contribution is 5.86. The van der Waals surface area contributed by atoms with Crippen molar-refractivity contribution in [2.45, 2.75) is 19.3 Å². The van der Waals surface area contributed by atoms with E-state index in [2.05, 4.69) is 4.90 Å². The van der Waals surface area contributed by atoms with Gasteiger partial charge in [0.2, 0.25) is 0 Å². The first kappa shape index (κ1) is 12.1. The second-order valence-electron chi connectivity index (χ2n) is 5.47. The highest BCUT2D eigenvalue weighted by Crippen LogP contribution is 2.40. The zero-order valence-corrected chi connectivity index (χ0v) is 10.6. The first-order chi connectivity index (χ1) is 9.19. The van der Waals surface area contributed by atoms with Crippen LogP contribution in [0.2, 0.25) is 0 Å². The molecular formula is C14H16N2O3. The summed E-state index contributed by atoms with van der Waals surface area (Å²) in [5, 5.41) is 10.7. The van der Waals surface area contributed by atoms with Gasteiger partial charge in [0.25, 0.3) is 5.69 Å². The molecule has 5 heteroatoms. The predicted molar refractivity (Wildman–Crippen MR) is 71.5 cm³/mol. The molecule has 1 saturated carbocycles. The van der Waals surface area contributed by atoms with Crippen molar-refractivity contribution in [3.8, 4) is 0 Å². The molecule has 19 heavy (non-hydrogen) atoms. The van der Waals surface area contributed by atoms with Gasteiger partial charge in [0.15, 0.2) is 6.29 Å². The van der Waals surface area contributed by atoms with Gasteiger partial charge in [-0.15, -0.1) is 0 Å². The van der Waals surface area contributed by atoms with Crippen molar-refractivity contribution in [3.05, 3.63) is 33.9 Å². The first-order valence-corrected chi connectivity index (χ1v) is 6.67. The van der Waals surface area contributed by atoms with Crippen molar-refractivity contribution < 1.29 is 9.72 Å². The van der Waals surface area contributed by atoms with E-state index in [9.17, 15) is 14.9 Å². The second-order valence-corrected chi connectivity index (χ2v) is 5.47. The summed E-state index contributed by atoms with van der Waals surface area (Å²) in [7, 11) is 0. The van der Waals surface area contributed by atoms with Gasteiger partial charge in [-0.1, -0.05) is 6.42 Å². The van der Waals surface area contributed by atoms with Gasteiger partial charge in [0.05, 0.1) is 4.92 Å². The van der Waals surface area contributed by atoms with Gasteiger partial charge in [-0.3, -0.25) is 14.9 Å². The van der Waals surface area contributed by atoms with Crippen LogP contribution in [0.25, 0.3) is 0 Å².